The van der Waals surface area contributed by atoms with E-state index >= 15 is 0 Å². The Hall–Kier alpha value is -2.55. The van der Waals surface area contributed by atoms with E-state index in [1.54, 1.807) is 12.1 Å². The number of likely N-dealkylation sites (tertiary alicyclic amines) is 1. The molecule has 0 saturated carbocycles. The molecule has 1 aromatic rings. The number of piperidine rings is 1. The molecule has 128 valence electrons. The highest BCUT2D eigenvalue weighted by molar-refractivity contribution is 7.80. The van der Waals surface area contributed by atoms with Crippen LogP contribution < -0.4 is 0 Å². The molecule has 0 spiro atoms. The topological polar surface area (TPSA) is 99.0 Å². The van der Waals surface area contributed by atoms with E-state index in [4.69, 9.17) is 9.47 Å². The molecular weight excluding hydrogens is 336 g/mol. The quantitative estimate of drug-likeness (QED) is 0.347. The van der Waals surface area contributed by atoms with E-state index in [1.807, 2.05) is 0 Å². The Balaban J connectivity index is 1.76. The molecule has 2 rings (SSSR count). The Kier molecular flexibility index (Phi) is 6.19. The molecule has 0 bridgehead atoms. The van der Waals surface area contributed by atoms with Crippen LogP contribution >= 0.6 is 12.2 Å². The number of ether oxygens (including phenoxy) is 2. The predicted molar refractivity (Wildman–Crippen MR) is 87.6 cm³/mol. The lowest BCUT2D eigenvalue weighted by molar-refractivity contribution is -0.384. The first kappa shape index (κ1) is 17.8. The van der Waals surface area contributed by atoms with Gasteiger partial charge in [-0.2, -0.15) is 0 Å². The van der Waals surface area contributed by atoms with Crippen molar-refractivity contribution in [2.75, 3.05) is 13.1 Å². The lowest BCUT2D eigenvalue weighted by Crippen LogP contribution is -2.41. The third kappa shape index (κ3) is 4.98. The van der Waals surface area contributed by atoms with Crippen LogP contribution in [-0.4, -0.2) is 46.4 Å². The summed E-state index contributed by atoms with van der Waals surface area (Å²) in [6.07, 6.45) is 0.353. The van der Waals surface area contributed by atoms with Gasteiger partial charge in [0, 0.05) is 38.1 Å². The van der Waals surface area contributed by atoms with Crippen molar-refractivity contribution in [2.24, 2.45) is 0 Å². The lowest BCUT2D eigenvalue weighted by Gasteiger charge is -2.30. The van der Waals surface area contributed by atoms with Crippen molar-refractivity contribution in [1.82, 2.24) is 4.90 Å². The average molecular weight is 352 g/mol. The van der Waals surface area contributed by atoms with Crippen molar-refractivity contribution in [3.8, 4) is 0 Å². The summed E-state index contributed by atoms with van der Waals surface area (Å²) in [5.74, 6) is -0.538. The van der Waals surface area contributed by atoms with Gasteiger partial charge in [-0.05, 0) is 17.7 Å². The molecule has 0 aromatic heterocycles. The first-order valence-corrected chi connectivity index (χ1v) is 7.77. The van der Waals surface area contributed by atoms with Gasteiger partial charge in [0.2, 0.25) is 0 Å². The predicted octanol–water partition coefficient (Wildman–Crippen LogP) is 2.24. The molecule has 1 amide bonds. The molecule has 1 aromatic carbocycles. The molecule has 0 N–H and O–H groups in total. The summed E-state index contributed by atoms with van der Waals surface area (Å²) in [5, 5.41) is 11.5. The molecule has 1 aliphatic heterocycles. The Morgan fingerprint density at radius 3 is 2.46 bits per heavy atom. The largest absolute Gasteiger partial charge is 0.458 e. The van der Waals surface area contributed by atoms with Crippen LogP contribution in [0.2, 0.25) is 0 Å². The van der Waals surface area contributed by atoms with Crippen LogP contribution in [0.1, 0.15) is 18.4 Å². The van der Waals surface area contributed by atoms with E-state index in [1.165, 1.54) is 17.0 Å². The van der Waals surface area contributed by atoms with Crippen LogP contribution in [0.4, 0.5) is 10.5 Å². The number of carbonyl (C=O) groups excluding carboxylic acids is 2. The Morgan fingerprint density at radius 2 is 1.92 bits per heavy atom. The molecule has 9 heteroatoms. The number of thiocarbonyl (C=S) groups is 1. The van der Waals surface area contributed by atoms with Crippen LogP contribution in [-0.2, 0) is 20.9 Å². The van der Waals surface area contributed by atoms with Crippen molar-refractivity contribution in [1.29, 1.82) is 0 Å². The SMILES string of the molecule is O=C(C=S)OC1CCN(C(=O)OCc2ccc([N+](=O)[O-])cc2)CC1. The van der Waals surface area contributed by atoms with E-state index in [0.717, 1.165) is 5.37 Å². The molecule has 1 fully saturated rings. The monoisotopic (exact) mass is 352 g/mol. The van der Waals surface area contributed by atoms with Crippen LogP contribution in [0.5, 0.6) is 0 Å². The van der Waals surface area contributed by atoms with Crippen molar-refractivity contribution in [3.05, 3.63) is 39.9 Å². The molecule has 1 heterocycles. The number of carbonyl (C=O) groups is 2. The highest BCUT2D eigenvalue weighted by Crippen LogP contribution is 2.16. The molecule has 1 saturated heterocycles. The number of nitro benzene ring substituents is 1. The smallest absolute Gasteiger partial charge is 0.410 e. The molecule has 0 aliphatic carbocycles. The number of amides is 1. The van der Waals surface area contributed by atoms with Gasteiger partial charge in [0.05, 0.1) is 10.3 Å². The van der Waals surface area contributed by atoms with Gasteiger partial charge >= 0.3 is 12.1 Å². The molecule has 8 nitrogen and oxygen atoms in total. The summed E-state index contributed by atoms with van der Waals surface area (Å²) in [6.45, 7) is 0.888. The van der Waals surface area contributed by atoms with Crippen molar-refractivity contribution >= 4 is 35.3 Å². The average Bonchev–Trinajstić information content (AvgIpc) is 2.60. The standard InChI is InChI=1S/C15H16N2O6S/c18-14(10-24)23-13-5-7-16(8-6-13)15(19)22-9-11-1-3-12(4-2-11)17(20)21/h1-4,10,13H,5-9H2. The van der Waals surface area contributed by atoms with Crippen LogP contribution in [0.25, 0.3) is 0 Å². The maximum atomic E-state index is 12.0. The number of rotatable bonds is 5. The van der Waals surface area contributed by atoms with E-state index in [0.29, 0.717) is 31.5 Å². The van der Waals surface area contributed by atoms with Crippen LogP contribution in [0.15, 0.2) is 24.3 Å². The van der Waals surface area contributed by atoms with E-state index in [2.05, 4.69) is 12.2 Å². The second-order valence-corrected chi connectivity index (χ2v) is 5.45. The fraction of sp³-hybridized carbons (Fsp3) is 0.400. The van der Waals surface area contributed by atoms with Crippen molar-refractivity contribution in [3.63, 3.8) is 0 Å². The number of nitrogens with zero attached hydrogens (tertiary/aromatic N) is 2. The summed E-state index contributed by atoms with van der Waals surface area (Å²) in [4.78, 5) is 34.7. The minimum atomic E-state index is -0.538. The lowest BCUT2D eigenvalue weighted by atomic mass is 10.1. The normalized spacial score (nSPS) is 14.8. The molecule has 0 unspecified atom stereocenters. The third-order valence-corrected chi connectivity index (χ3v) is 3.78. The Labute approximate surface area is 143 Å². The first-order chi connectivity index (χ1) is 11.5. The summed E-state index contributed by atoms with van der Waals surface area (Å²) >= 11 is 4.49. The molecule has 24 heavy (non-hydrogen) atoms. The first-order valence-electron chi connectivity index (χ1n) is 7.30. The van der Waals surface area contributed by atoms with Gasteiger partial charge < -0.3 is 14.4 Å². The summed E-state index contributed by atoms with van der Waals surface area (Å²) in [6, 6.07) is 5.81. The minimum Gasteiger partial charge on any atom is -0.458 e. The number of nitro groups is 1. The zero-order valence-electron chi connectivity index (χ0n) is 12.8. The Bertz CT molecular complexity index is 625. The van der Waals surface area contributed by atoms with Gasteiger partial charge in [0.25, 0.3) is 5.69 Å². The van der Waals surface area contributed by atoms with E-state index < -0.39 is 17.0 Å². The van der Waals surface area contributed by atoms with E-state index in [9.17, 15) is 19.7 Å². The maximum absolute atomic E-state index is 12.0. The maximum Gasteiger partial charge on any atom is 0.410 e. The Morgan fingerprint density at radius 1 is 1.29 bits per heavy atom. The highest BCUT2D eigenvalue weighted by atomic mass is 32.1. The second-order valence-electron chi connectivity index (χ2n) is 5.22. The highest BCUT2D eigenvalue weighted by Gasteiger charge is 2.25. The fourth-order valence-corrected chi connectivity index (χ4v) is 2.35. The zero-order chi connectivity index (χ0) is 17.5. The molecule has 1 aliphatic rings. The number of hydrogen-bond donors (Lipinski definition) is 0. The van der Waals surface area contributed by atoms with Crippen molar-refractivity contribution < 1.29 is 24.0 Å². The molecule has 0 radical (unpaired) electrons. The molecular formula is C15H16N2O6S. The van der Waals surface area contributed by atoms with Gasteiger partial charge in [-0.25, -0.2) is 9.59 Å². The van der Waals surface area contributed by atoms with Crippen molar-refractivity contribution in [2.45, 2.75) is 25.6 Å². The summed E-state index contributed by atoms with van der Waals surface area (Å²) < 4.78 is 10.3. The number of hydrogen-bond acceptors (Lipinski definition) is 7. The van der Waals surface area contributed by atoms with Gasteiger partial charge in [-0.1, -0.05) is 12.2 Å². The van der Waals surface area contributed by atoms with E-state index in [-0.39, 0.29) is 18.4 Å². The second kappa shape index (κ2) is 8.34. The van der Waals surface area contributed by atoms with Gasteiger partial charge in [-0.3, -0.25) is 10.1 Å². The summed E-state index contributed by atoms with van der Waals surface area (Å²) in [7, 11) is 0. The summed E-state index contributed by atoms with van der Waals surface area (Å²) in [5.41, 5.74) is 0.650. The van der Waals surface area contributed by atoms with Gasteiger partial charge in [0.15, 0.2) is 0 Å². The minimum absolute atomic E-state index is 0.0157. The van der Waals surface area contributed by atoms with Crippen LogP contribution in [0.3, 0.4) is 0 Å². The fourth-order valence-electron chi connectivity index (χ4n) is 2.30. The van der Waals surface area contributed by atoms with Gasteiger partial charge in [-0.15, -0.1) is 0 Å². The molecule has 0 atom stereocenters. The third-order valence-electron chi connectivity index (χ3n) is 3.59. The zero-order valence-corrected chi connectivity index (χ0v) is 13.6. The van der Waals surface area contributed by atoms with Crippen LogP contribution in [0, 0.1) is 10.1 Å². The number of esters is 1. The number of benzene rings is 1. The number of non-ortho nitro benzene ring substituents is 1. The van der Waals surface area contributed by atoms with Gasteiger partial charge in [0.1, 0.15) is 12.7 Å².